The Labute approximate surface area is 365 Å². The maximum absolute atomic E-state index is 6.26. The fraction of sp³-hybridized carbons (Fsp3) is 0.100. The van der Waals surface area contributed by atoms with Crippen LogP contribution >= 0.6 is 0 Å². The Hall–Kier alpha value is -7.62. The second kappa shape index (κ2) is 13.2. The minimum absolute atomic E-state index is 0.00861. The zero-order valence-corrected chi connectivity index (χ0v) is 34.8. The van der Waals surface area contributed by atoms with Crippen LogP contribution in [-0.2, 0) is 5.41 Å². The molecule has 3 heterocycles. The van der Waals surface area contributed by atoms with E-state index in [1.54, 1.807) is 0 Å². The quantitative estimate of drug-likeness (QED) is 0.174. The molecule has 12 aromatic rings. The van der Waals surface area contributed by atoms with Gasteiger partial charge in [-0.2, -0.15) is 0 Å². The number of aromatic nitrogens is 2. The van der Waals surface area contributed by atoms with Crippen LogP contribution in [0.5, 0.6) is 0 Å². The molecule has 0 N–H and O–H groups in total. The maximum Gasteiger partial charge on any atom is 0.135 e. The van der Waals surface area contributed by atoms with Crippen molar-refractivity contribution in [2.75, 3.05) is 0 Å². The second-order valence-corrected chi connectivity index (χ2v) is 18.0. The zero-order valence-electron chi connectivity index (χ0n) is 34.8. The van der Waals surface area contributed by atoms with E-state index in [9.17, 15) is 0 Å². The Morgan fingerprint density at radius 3 is 1.76 bits per heavy atom. The van der Waals surface area contributed by atoms with Gasteiger partial charge in [-0.1, -0.05) is 141 Å². The van der Waals surface area contributed by atoms with E-state index < -0.39 is 0 Å². The lowest BCUT2D eigenvalue weighted by Crippen LogP contribution is -2.28. The van der Waals surface area contributed by atoms with Crippen molar-refractivity contribution in [2.45, 2.75) is 37.5 Å². The molecule has 0 saturated heterocycles. The van der Waals surface area contributed by atoms with Gasteiger partial charge in [0, 0.05) is 49.1 Å². The van der Waals surface area contributed by atoms with Crippen LogP contribution in [0.15, 0.2) is 199 Å². The molecule has 1 spiro atoms. The summed E-state index contributed by atoms with van der Waals surface area (Å²) >= 11 is 0. The van der Waals surface area contributed by atoms with Gasteiger partial charge < -0.3 is 13.6 Å². The molecule has 2 aliphatic rings. The molecule has 0 radical (unpaired) electrons. The summed E-state index contributed by atoms with van der Waals surface area (Å²) in [6.07, 6.45) is 6.15. The van der Waals surface area contributed by atoms with Crippen LogP contribution in [0.1, 0.15) is 43.2 Å². The van der Waals surface area contributed by atoms with Gasteiger partial charge in [-0.25, -0.2) is 0 Å². The largest absolute Gasteiger partial charge is 0.456 e. The van der Waals surface area contributed by atoms with E-state index >= 15 is 0 Å². The van der Waals surface area contributed by atoms with Gasteiger partial charge in [0.05, 0.1) is 22.1 Å². The summed E-state index contributed by atoms with van der Waals surface area (Å²) in [5, 5.41) is 7.46. The first-order valence-electron chi connectivity index (χ1n) is 22.5. The molecule has 0 bridgehead atoms. The monoisotopic (exact) mass is 806 g/mol. The number of para-hydroxylation sites is 3. The van der Waals surface area contributed by atoms with Gasteiger partial charge in [-0.3, -0.25) is 0 Å². The molecule has 0 aliphatic heterocycles. The van der Waals surface area contributed by atoms with Gasteiger partial charge in [0.25, 0.3) is 0 Å². The standard InChI is InChI=1S/C60H42N2O/c1-3-14-38(15-4-1)39-16-13-17-42(32-39)61-55-22-9-6-19-46(55)50-36-53-49(37-57(50)61)44-27-24-40(33-52(44)60(53)30-11-2-12-31-60)41-25-28-47-45-18-5-8-21-54(45)62(56(47)34-41)43-26-29-59-51(35-43)48-20-7-10-23-58(48)63-59/h1,3-10,13-29,32-37H,2,11-12,30-31H2. The molecule has 3 heteroatoms. The third-order valence-corrected chi connectivity index (χ3v) is 14.7. The molecule has 1 fully saturated rings. The third-order valence-electron chi connectivity index (χ3n) is 14.7. The predicted molar refractivity (Wildman–Crippen MR) is 263 cm³/mol. The fourth-order valence-electron chi connectivity index (χ4n) is 11.8. The van der Waals surface area contributed by atoms with E-state index in [1.165, 1.54) is 126 Å². The highest BCUT2D eigenvalue weighted by molar-refractivity contribution is 6.13. The molecular weight excluding hydrogens is 765 g/mol. The van der Waals surface area contributed by atoms with Crippen molar-refractivity contribution < 1.29 is 4.42 Å². The van der Waals surface area contributed by atoms with Crippen molar-refractivity contribution in [1.29, 1.82) is 0 Å². The van der Waals surface area contributed by atoms with Crippen LogP contribution in [0.25, 0.3) is 110 Å². The zero-order chi connectivity index (χ0) is 41.2. The number of hydrogen-bond acceptors (Lipinski definition) is 1. The first-order chi connectivity index (χ1) is 31.2. The smallest absolute Gasteiger partial charge is 0.135 e. The molecule has 298 valence electrons. The molecule has 2 aliphatic carbocycles. The fourth-order valence-corrected chi connectivity index (χ4v) is 11.8. The normalized spacial score (nSPS) is 14.5. The van der Waals surface area contributed by atoms with Crippen LogP contribution in [0.2, 0.25) is 0 Å². The van der Waals surface area contributed by atoms with Crippen molar-refractivity contribution in [3.63, 3.8) is 0 Å². The first kappa shape index (κ1) is 35.0. The van der Waals surface area contributed by atoms with Gasteiger partial charge in [0.15, 0.2) is 0 Å². The number of benzene rings is 9. The number of hydrogen-bond donors (Lipinski definition) is 0. The Morgan fingerprint density at radius 1 is 0.333 bits per heavy atom. The molecule has 14 rings (SSSR count). The predicted octanol–water partition coefficient (Wildman–Crippen LogP) is 16.3. The van der Waals surface area contributed by atoms with Gasteiger partial charge in [0.2, 0.25) is 0 Å². The second-order valence-electron chi connectivity index (χ2n) is 18.0. The molecule has 3 nitrogen and oxygen atoms in total. The molecule has 0 amide bonds. The molecule has 0 atom stereocenters. The van der Waals surface area contributed by atoms with Crippen LogP contribution in [-0.4, -0.2) is 9.13 Å². The van der Waals surface area contributed by atoms with E-state index in [0.29, 0.717) is 0 Å². The molecule has 63 heavy (non-hydrogen) atoms. The van der Waals surface area contributed by atoms with Gasteiger partial charge in [-0.15, -0.1) is 0 Å². The van der Waals surface area contributed by atoms with E-state index in [-0.39, 0.29) is 5.41 Å². The average Bonchev–Trinajstić information content (AvgIpc) is 4.06. The van der Waals surface area contributed by atoms with E-state index in [2.05, 4.69) is 197 Å². The highest BCUT2D eigenvalue weighted by atomic mass is 16.3. The van der Waals surface area contributed by atoms with Crippen molar-refractivity contribution in [3.05, 3.63) is 205 Å². The Morgan fingerprint density at radius 2 is 0.937 bits per heavy atom. The Balaban J connectivity index is 0.951. The van der Waals surface area contributed by atoms with Crippen LogP contribution < -0.4 is 0 Å². The molecular formula is C60H42N2O. The average molecular weight is 807 g/mol. The summed E-state index contributed by atoms with van der Waals surface area (Å²) < 4.78 is 11.2. The molecule has 0 unspecified atom stereocenters. The molecule has 9 aromatic carbocycles. The van der Waals surface area contributed by atoms with E-state index in [1.807, 2.05) is 6.07 Å². The third kappa shape index (κ3) is 5.02. The number of fused-ring (bicyclic) bond motifs is 14. The van der Waals surface area contributed by atoms with E-state index in [4.69, 9.17) is 4.42 Å². The van der Waals surface area contributed by atoms with E-state index in [0.717, 1.165) is 27.6 Å². The number of rotatable bonds is 4. The van der Waals surface area contributed by atoms with Crippen molar-refractivity contribution in [2.24, 2.45) is 0 Å². The Bertz CT molecular complexity index is 3830. The molecule has 3 aromatic heterocycles. The maximum atomic E-state index is 6.26. The van der Waals surface area contributed by atoms with Crippen LogP contribution in [0.3, 0.4) is 0 Å². The summed E-state index contributed by atoms with van der Waals surface area (Å²) in [7, 11) is 0. The summed E-state index contributed by atoms with van der Waals surface area (Å²) in [4.78, 5) is 0. The van der Waals surface area contributed by atoms with Crippen molar-refractivity contribution >= 4 is 65.6 Å². The van der Waals surface area contributed by atoms with Crippen LogP contribution in [0.4, 0.5) is 0 Å². The lowest BCUT2D eigenvalue weighted by molar-refractivity contribution is 0.353. The Kier molecular flexibility index (Phi) is 7.33. The summed E-state index contributed by atoms with van der Waals surface area (Å²) in [6, 6.07) is 72.2. The lowest BCUT2D eigenvalue weighted by atomic mass is 9.67. The van der Waals surface area contributed by atoms with Gasteiger partial charge >= 0.3 is 0 Å². The SMILES string of the molecule is c1ccc(-c2cccc(-n3c4ccccc4c4cc5c(cc43)-c3ccc(-c4ccc6c7ccccc7n(-c7ccc8oc9ccccc9c8c7)c6c4)cc3C53CCCCC3)c2)cc1. The van der Waals surface area contributed by atoms with Crippen molar-refractivity contribution in [3.8, 4) is 44.8 Å². The first-order valence-corrected chi connectivity index (χ1v) is 22.5. The number of nitrogens with zero attached hydrogens (tertiary/aromatic N) is 2. The van der Waals surface area contributed by atoms with Crippen molar-refractivity contribution in [1.82, 2.24) is 9.13 Å². The highest BCUT2D eigenvalue weighted by Gasteiger charge is 2.44. The van der Waals surface area contributed by atoms with Crippen LogP contribution in [0, 0.1) is 0 Å². The van der Waals surface area contributed by atoms with Gasteiger partial charge in [0.1, 0.15) is 11.2 Å². The lowest BCUT2D eigenvalue weighted by Gasteiger charge is -2.36. The molecule has 1 saturated carbocycles. The topological polar surface area (TPSA) is 23.0 Å². The minimum Gasteiger partial charge on any atom is -0.456 e. The summed E-state index contributed by atoms with van der Waals surface area (Å²) in [6.45, 7) is 0. The summed E-state index contributed by atoms with van der Waals surface area (Å²) in [5.74, 6) is 0. The number of furan rings is 1. The highest BCUT2D eigenvalue weighted by Crippen LogP contribution is 2.58. The van der Waals surface area contributed by atoms with Gasteiger partial charge in [-0.05, 0) is 130 Å². The summed E-state index contributed by atoms with van der Waals surface area (Å²) in [5.41, 5.74) is 19.9. The minimum atomic E-state index is -0.00861.